The second kappa shape index (κ2) is 5.24. The summed E-state index contributed by atoms with van der Waals surface area (Å²) in [4.78, 5) is 0. The first-order valence-electron chi connectivity index (χ1n) is 6.50. The molecule has 0 amide bonds. The van der Waals surface area contributed by atoms with Crippen LogP contribution >= 0.6 is 0 Å². The molecule has 0 unspecified atom stereocenters. The highest BCUT2D eigenvalue weighted by Crippen LogP contribution is 2.33. The van der Waals surface area contributed by atoms with Crippen LogP contribution in [0, 0.1) is 13.8 Å². The van der Waals surface area contributed by atoms with Crippen molar-refractivity contribution in [1.82, 2.24) is 15.1 Å². The van der Waals surface area contributed by atoms with Crippen LogP contribution in [0.1, 0.15) is 36.4 Å². The average molecular weight is 249 g/mol. The van der Waals surface area contributed by atoms with Gasteiger partial charge in [-0.05, 0) is 27.2 Å². The molecule has 0 bridgehead atoms. The summed E-state index contributed by atoms with van der Waals surface area (Å²) >= 11 is 0. The van der Waals surface area contributed by atoms with E-state index >= 15 is 0 Å². The minimum atomic E-state index is 0.123. The minimum absolute atomic E-state index is 0.123. The van der Waals surface area contributed by atoms with E-state index in [9.17, 15) is 0 Å². The summed E-state index contributed by atoms with van der Waals surface area (Å²) in [6, 6.07) is 0.364. The molecule has 100 valence electrons. The number of hydrogen-bond acceptors (Lipinski definition) is 3. The molecule has 2 atom stereocenters. The fourth-order valence-corrected chi connectivity index (χ4v) is 2.59. The third-order valence-electron chi connectivity index (χ3n) is 3.61. The number of aryl methyl sites for hydroxylation is 2. The Morgan fingerprint density at radius 2 is 2.28 bits per heavy atom. The predicted octanol–water partition coefficient (Wildman–Crippen LogP) is 2.03. The highest BCUT2D eigenvalue weighted by Gasteiger charge is 2.33. The Hall–Kier alpha value is -1.13. The van der Waals surface area contributed by atoms with Crippen LogP contribution in [0.15, 0.2) is 12.2 Å². The fourth-order valence-electron chi connectivity index (χ4n) is 2.59. The van der Waals surface area contributed by atoms with Crippen LogP contribution < -0.4 is 5.32 Å². The van der Waals surface area contributed by atoms with Gasteiger partial charge < -0.3 is 10.1 Å². The third-order valence-corrected chi connectivity index (χ3v) is 3.61. The van der Waals surface area contributed by atoms with E-state index in [0.29, 0.717) is 6.04 Å². The molecule has 2 rings (SSSR count). The van der Waals surface area contributed by atoms with Crippen molar-refractivity contribution in [3.05, 3.63) is 29.1 Å². The van der Waals surface area contributed by atoms with Crippen molar-refractivity contribution in [2.24, 2.45) is 7.05 Å². The highest BCUT2D eigenvalue weighted by molar-refractivity contribution is 5.29. The van der Waals surface area contributed by atoms with E-state index in [1.807, 2.05) is 18.7 Å². The Kier molecular flexibility index (Phi) is 3.88. The first-order chi connectivity index (χ1) is 8.50. The number of rotatable bonds is 4. The van der Waals surface area contributed by atoms with Gasteiger partial charge in [0.05, 0.1) is 5.69 Å². The van der Waals surface area contributed by atoms with Crippen LogP contribution in [0.2, 0.25) is 0 Å². The van der Waals surface area contributed by atoms with Gasteiger partial charge in [-0.25, -0.2) is 0 Å². The van der Waals surface area contributed by atoms with Crippen molar-refractivity contribution >= 4 is 0 Å². The summed E-state index contributed by atoms with van der Waals surface area (Å²) in [7, 11) is 1.98. The summed E-state index contributed by atoms with van der Waals surface area (Å²) in [6.45, 7) is 11.8. The van der Waals surface area contributed by atoms with E-state index in [2.05, 4.69) is 30.8 Å². The number of aromatic nitrogens is 2. The van der Waals surface area contributed by atoms with E-state index in [-0.39, 0.29) is 6.10 Å². The molecule has 4 nitrogen and oxygen atoms in total. The van der Waals surface area contributed by atoms with Crippen LogP contribution in [0.3, 0.4) is 0 Å². The predicted molar refractivity (Wildman–Crippen MR) is 72.6 cm³/mol. The number of nitrogens with zero attached hydrogens (tertiary/aromatic N) is 2. The van der Waals surface area contributed by atoms with Crippen molar-refractivity contribution in [3.63, 3.8) is 0 Å². The molecule has 1 saturated heterocycles. The van der Waals surface area contributed by atoms with E-state index in [1.165, 1.54) is 11.3 Å². The summed E-state index contributed by atoms with van der Waals surface area (Å²) < 4.78 is 7.85. The SMILES string of the molecule is C=C(C)CN[C@H]1CCO[C@@H]1c1c(C)nn(C)c1C. The summed E-state index contributed by atoms with van der Waals surface area (Å²) in [5.74, 6) is 0. The van der Waals surface area contributed by atoms with Crippen molar-refractivity contribution in [2.75, 3.05) is 13.2 Å². The standard InChI is InChI=1S/C14H23N3O/c1-9(2)8-15-12-6-7-18-14(12)13-10(3)16-17(5)11(13)4/h12,14-15H,1,6-8H2,2-5H3/t12-,14-/m0/s1. The Morgan fingerprint density at radius 3 is 2.83 bits per heavy atom. The van der Waals surface area contributed by atoms with E-state index in [4.69, 9.17) is 4.74 Å². The van der Waals surface area contributed by atoms with Gasteiger partial charge in [-0.3, -0.25) is 4.68 Å². The zero-order chi connectivity index (χ0) is 13.3. The molecular weight excluding hydrogens is 226 g/mol. The number of hydrogen-bond donors (Lipinski definition) is 1. The molecule has 18 heavy (non-hydrogen) atoms. The van der Waals surface area contributed by atoms with E-state index in [1.54, 1.807) is 0 Å². The minimum Gasteiger partial charge on any atom is -0.372 e. The third kappa shape index (κ3) is 2.49. The Labute approximate surface area is 109 Å². The Morgan fingerprint density at radius 1 is 1.56 bits per heavy atom. The van der Waals surface area contributed by atoms with E-state index in [0.717, 1.165) is 30.8 Å². The van der Waals surface area contributed by atoms with Gasteiger partial charge in [0.15, 0.2) is 0 Å². The monoisotopic (exact) mass is 249 g/mol. The van der Waals surface area contributed by atoms with Gasteiger partial charge in [-0.15, -0.1) is 0 Å². The maximum Gasteiger partial charge on any atom is 0.101 e. The normalized spacial score (nSPS) is 23.6. The lowest BCUT2D eigenvalue weighted by Crippen LogP contribution is -2.33. The fraction of sp³-hybridized carbons (Fsp3) is 0.643. The van der Waals surface area contributed by atoms with Gasteiger partial charge in [-0.2, -0.15) is 5.10 Å². The number of ether oxygens (including phenoxy) is 1. The van der Waals surface area contributed by atoms with Gasteiger partial charge in [0.1, 0.15) is 6.10 Å². The molecule has 1 aliphatic heterocycles. The van der Waals surface area contributed by atoms with Crippen molar-refractivity contribution < 1.29 is 4.74 Å². The van der Waals surface area contributed by atoms with E-state index < -0.39 is 0 Å². The molecule has 1 aliphatic rings. The Bertz CT molecular complexity index is 450. The highest BCUT2D eigenvalue weighted by atomic mass is 16.5. The molecule has 4 heteroatoms. The maximum absolute atomic E-state index is 5.91. The molecular formula is C14H23N3O. The van der Waals surface area contributed by atoms with Crippen molar-refractivity contribution in [1.29, 1.82) is 0 Å². The molecule has 1 aromatic heterocycles. The first-order valence-corrected chi connectivity index (χ1v) is 6.50. The molecule has 1 aromatic rings. The van der Waals surface area contributed by atoms with Crippen LogP contribution in [0.5, 0.6) is 0 Å². The average Bonchev–Trinajstić information content (AvgIpc) is 2.82. The Balaban J connectivity index is 2.18. The van der Waals surface area contributed by atoms with Gasteiger partial charge in [0.2, 0.25) is 0 Å². The lowest BCUT2D eigenvalue weighted by molar-refractivity contribution is 0.0983. The largest absolute Gasteiger partial charge is 0.372 e. The summed E-state index contributed by atoms with van der Waals surface area (Å²) in [6.07, 6.45) is 1.17. The molecule has 0 aliphatic carbocycles. The summed E-state index contributed by atoms with van der Waals surface area (Å²) in [5.41, 5.74) is 4.67. The first kappa shape index (κ1) is 13.3. The zero-order valence-electron chi connectivity index (χ0n) is 11.8. The van der Waals surface area contributed by atoms with Gasteiger partial charge in [0, 0.05) is 37.5 Å². The molecule has 0 aromatic carbocycles. The van der Waals surface area contributed by atoms with Crippen LogP contribution in [0.25, 0.3) is 0 Å². The molecule has 0 saturated carbocycles. The summed E-state index contributed by atoms with van der Waals surface area (Å²) in [5, 5.41) is 8.01. The second-order valence-electron chi connectivity index (χ2n) is 5.23. The maximum atomic E-state index is 5.91. The topological polar surface area (TPSA) is 39.1 Å². The van der Waals surface area contributed by atoms with Crippen LogP contribution in [-0.2, 0) is 11.8 Å². The van der Waals surface area contributed by atoms with Crippen LogP contribution in [-0.4, -0.2) is 29.0 Å². The van der Waals surface area contributed by atoms with Gasteiger partial charge in [0.25, 0.3) is 0 Å². The van der Waals surface area contributed by atoms with Crippen LogP contribution in [0.4, 0.5) is 0 Å². The van der Waals surface area contributed by atoms with Gasteiger partial charge in [-0.1, -0.05) is 12.2 Å². The molecule has 1 fully saturated rings. The second-order valence-corrected chi connectivity index (χ2v) is 5.23. The number of nitrogens with one attached hydrogen (secondary N) is 1. The zero-order valence-corrected chi connectivity index (χ0v) is 11.8. The molecule has 0 radical (unpaired) electrons. The lowest BCUT2D eigenvalue weighted by atomic mass is 10.00. The quantitative estimate of drug-likeness (QED) is 0.830. The molecule has 2 heterocycles. The molecule has 1 N–H and O–H groups in total. The molecule has 0 spiro atoms. The van der Waals surface area contributed by atoms with Crippen molar-refractivity contribution in [2.45, 2.75) is 39.3 Å². The van der Waals surface area contributed by atoms with Gasteiger partial charge >= 0.3 is 0 Å². The van der Waals surface area contributed by atoms with Crippen molar-refractivity contribution in [3.8, 4) is 0 Å². The lowest BCUT2D eigenvalue weighted by Gasteiger charge is -2.20. The smallest absolute Gasteiger partial charge is 0.101 e.